The molecule has 188 valence electrons. The van der Waals surface area contributed by atoms with Crippen molar-refractivity contribution >= 4 is 31.3 Å². The zero-order chi connectivity index (χ0) is 25.5. The Kier molecular flexibility index (Phi) is 6.68. The van der Waals surface area contributed by atoms with E-state index in [0.717, 1.165) is 0 Å². The Balaban J connectivity index is 1.72. The predicted octanol–water partition coefficient (Wildman–Crippen LogP) is 2.01. The van der Waals surface area contributed by atoms with E-state index in [0.29, 0.717) is 5.56 Å². The molecule has 1 amide bonds. The van der Waals surface area contributed by atoms with Crippen LogP contribution in [-0.2, 0) is 9.16 Å². The zero-order valence-corrected chi connectivity index (χ0v) is 21.3. The Morgan fingerprint density at radius 1 is 1.29 bits per heavy atom. The highest BCUT2D eigenvalue weighted by atomic mass is 28.4. The lowest BCUT2D eigenvalue weighted by molar-refractivity contribution is -0.0497. The van der Waals surface area contributed by atoms with Crippen molar-refractivity contribution in [3.8, 4) is 0 Å². The van der Waals surface area contributed by atoms with Crippen molar-refractivity contribution in [2.24, 2.45) is 0 Å². The largest absolute Gasteiger partial charge is 0.407 e. The summed E-state index contributed by atoms with van der Waals surface area (Å²) in [6.45, 7) is 9.93. The van der Waals surface area contributed by atoms with Gasteiger partial charge in [0.2, 0.25) is 5.95 Å². The van der Waals surface area contributed by atoms with Crippen LogP contribution in [0.3, 0.4) is 0 Å². The molecule has 4 rings (SSSR count). The summed E-state index contributed by atoms with van der Waals surface area (Å²) in [5.41, 5.74) is 0.0481. The number of benzene rings is 1. The Morgan fingerprint density at radius 2 is 1.97 bits per heavy atom. The molecule has 3 aromatic rings. The van der Waals surface area contributed by atoms with Crippen LogP contribution in [0.25, 0.3) is 11.2 Å². The monoisotopic (exact) mass is 501 g/mol. The van der Waals surface area contributed by atoms with Gasteiger partial charge in [-0.2, -0.15) is 4.98 Å². The third kappa shape index (κ3) is 4.80. The zero-order valence-electron chi connectivity index (χ0n) is 20.3. The van der Waals surface area contributed by atoms with Gasteiger partial charge >= 0.3 is 0 Å². The molecule has 35 heavy (non-hydrogen) atoms. The minimum atomic E-state index is -2.36. The summed E-state index contributed by atoms with van der Waals surface area (Å²) < 4.78 is 14.0. The van der Waals surface area contributed by atoms with Crippen LogP contribution in [0, 0.1) is 0 Å². The number of fused-ring (bicyclic) bond motifs is 1. The van der Waals surface area contributed by atoms with Crippen LogP contribution in [0.2, 0.25) is 18.1 Å². The van der Waals surface area contributed by atoms with Crippen LogP contribution < -0.4 is 10.9 Å². The lowest BCUT2D eigenvalue weighted by atomic mass is 10.1. The Labute approximate surface area is 203 Å². The number of nitrogens with one attached hydrogen (secondary N) is 2. The highest BCUT2D eigenvalue weighted by Gasteiger charge is 2.50. The molecule has 4 atom stereocenters. The summed E-state index contributed by atoms with van der Waals surface area (Å²) in [7, 11) is -2.36. The van der Waals surface area contributed by atoms with Crippen molar-refractivity contribution in [3.63, 3.8) is 0 Å². The molecule has 0 spiro atoms. The first kappa shape index (κ1) is 25.2. The van der Waals surface area contributed by atoms with Gasteiger partial charge in [0.25, 0.3) is 11.5 Å². The van der Waals surface area contributed by atoms with E-state index in [1.165, 1.54) is 10.9 Å². The van der Waals surface area contributed by atoms with Crippen molar-refractivity contribution in [2.75, 3.05) is 11.9 Å². The molecule has 4 N–H and O–H groups in total. The first-order chi connectivity index (χ1) is 16.4. The van der Waals surface area contributed by atoms with Gasteiger partial charge < -0.3 is 19.4 Å². The van der Waals surface area contributed by atoms with Gasteiger partial charge in [0, 0.05) is 5.56 Å². The molecule has 3 heterocycles. The summed E-state index contributed by atoms with van der Waals surface area (Å²) in [5.74, 6) is -0.497. The van der Waals surface area contributed by atoms with Gasteiger partial charge in [-0.25, -0.2) is 4.98 Å². The number of ether oxygens (including phenoxy) is 1. The molecule has 0 radical (unpaired) electrons. The standard InChI is InChI=1S/C23H31N5O6Si/c1-23(2,3)35(4,5)34-17-16(30)14(11-29)33-21(17)28-12-24-15-18(28)25-22(27-20(15)32)26-19(31)13-9-7-6-8-10-13/h6-10,12,14,16-17,21,29-30H,11H2,1-5H3,(H2,25,26,27,31,32)/t14-,16-,17-,21-/m1/s1. The highest BCUT2D eigenvalue weighted by Crippen LogP contribution is 2.42. The van der Waals surface area contributed by atoms with Crippen molar-refractivity contribution < 1.29 is 24.2 Å². The van der Waals surface area contributed by atoms with Crippen molar-refractivity contribution in [1.82, 2.24) is 19.5 Å². The molecule has 1 aliphatic heterocycles. The minimum Gasteiger partial charge on any atom is -0.407 e. The molecule has 2 aromatic heterocycles. The highest BCUT2D eigenvalue weighted by molar-refractivity contribution is 6.74. The van der Waals surface area contributed by atoms with Crippen molar-refractivity contribution in [1.29, 1.82) is 0 Å². The topological polar surface area (TPSA) is 152 Å². The first-order valence-electron chi connectivity index (χ1n) is 11.4. The number of aliphatic hydroxyl groups is 2. The number of aliphatic hydroxyl groups excluding tert-OH is 2. The van der Waals surface area contributed by atoms with E-state index in [9.17, 15) is 19.8 Å². The summed E-state index contributed by atoms with van der Waals surface area (Å²) >= 11 is 0. The first-order valence-corrected chi connectivity index (χ1v) is 14.3. The SMILES string of the molecule is CC(C)(C)[Si](C)(C)O[C@@H]1[C@H](O)[C@@H](CO)O[C@H]1n1cnc2c(=O)[nH]c(NC(=O)c3ccccc3)nc21. The lowest BCUT2D eigenvalue weighted by Gasteiger charge is -2.40. The molecular formula is C23H31N5O6Si. The van der Waals surface area contributed by atoms with Gasteiger partial charge in [-0.05, 0) is 30.3 Å². The quantitative estimate of drug-likeness (QED) is 0.375. The maximum Gasteiger partial charge on any atom is 0.280 e. The minimum absolute atomic E-state index is 0.0410. The number of amides is 1. The van der Waals surface area contributed by atoms with Gasteiger partial charge in [0.1, 0.15) is 18.3 Å². The molecule has 1 aliphatic rings. The van der Waals surface area contributed by atoms with E-state index in [1.54, 1.807) is 30.3 Å². The van der Waals surface area contributed by atoms with Crippen LogP contribution in [0.5, 0.6) is 0 Å². The molecule has 1 aromatic carbocycles. The van der Waals surface area contributed by atoms with E-state index < -0.39 is 50.9 Å². The van der Waals surface area contributed by atoms with Gasteiger partial charge in [-0.1, -0.05) is 39.0 Å². The predicted molar refractivity (Wildman–Crippen MR) is 132 cm³/mol. The van der Waals surface area contributed by atoms with Crippen molar-refractivity contribution in [2.45, 2.75) is 63.4 Å². The average Bonchev–Trinajstić information content (AvgIpc) is 3.35. The normalized spacial score (nSPS) is 23.1. The van der Waals surface area contributed by atoms with Crippen LogP contribution in [0.1, 0.15) is 37.4 Å². The Bertz CT molecular complexity index is 1270. The van der Waals surface area contributed by atoms with E-state index in [-0.39, 0.29) is 22.2 Å². The smallest absolute Gasteiger partial charge is 0.280 e. The van der Waals surface area contributed by atoms with Crippen LogP contribution in [-0.4, -0.2) is 68.9 Å². The third-order valence-corrected chi connectivity index (χ3v) is 11.2. The molecule has 0 unspecified atom stereocenters. The molecule has 0 saturated carbocycles. The number of hydrogen-bond acceptors (Lipinski definition) is 8. The van der Waals surface area contributed by atoms with E-state index in [4.69, 9.17) is 9.16 Å². The molecule has 11 nitrogen and oxygen atoms in total. The second kappa shape index (κ2) is 9.28. The number of hydrogen-bond donors (Lipinski definition) is 4. The van der Waals surface area contributed by atoms with Crippen LogP contribution in [0.4, 0.5) is 5.95 Å². The summed E-state index contributed by atoms with van der Waals surface area (Å²) in [5, 5.41) is 23.1. The van der Waals surface area contributed by atoms with E-state index in [1.807, 2.05) is 0 Å². The maximum absolute atomic E-state index is 12.7. The Morgan fingerprint density at radius 3 is 2.60 bits per heavy atom. The number of imidazole rings is 1. The number of carbonyl (C=O) groups excluding carboxylic acids is 1. The summed E-state index contributed by atoms with van der Waals surface area (Å²) in [6, 6.07) is 8.53. The van der Waals surface area contributed by atoms with Gasteiger partial charge in [0.15, 0.2) is 25.7 Å². The fourth-order valence-electron chi connectivity index (χ4n) is 3.68. The molecule has 12 heteroatoms. The summed E-state index contributed by atoms with van der Waals surface area (Å²) in [4.78, 5) is 36.4. The van der Waals surface area contributed by atoms with Crippen LogP contribution >= 0.6 is 0 Å². The number of nitrogens with zero attached hydrogens (tertiary/aromatic N) is 3. The third-order valence-electron chi connectivity index (χ3n) is 6.70. The Hall–Kier alpha value is -2.90. The number of carbonyl (C=O) groups is 1. The second-order valence-corrected chi connectivity index (χ2v) is 14.9. The van der Waals surface area contributed by atoms with Crippen molar-refractivity contribution in [3.05, 3.63) is 52.6 Å². The van der Waals surface area contributed by atoms with E-state index >= 15 is 0 Å². The van der Waals surface area contributed by atoms with Gasteiger partial charge in [-0.3, -0.25) is 24.5 Å². The number of aromatic amines is 1. The fraction of sp³-hybridized carbons (Fsp3) is 0.478. The van der Waals surface area contributed by atoms with E-state index in [2.05, 4.69) is 54.1 Å². The second-order valence-electron chi connectivity index (χ2n) is 10.1. The molecular weight excluding hydrogens is 470 g/mol. The maximum atomic E-state index is 12.7. The summed E-state index contributed by atoms with van der Waals surface area (Å²) in [6.07, 6.45) is -2.32. The van der Waals surface area contributed by atoms with Gasteiger partial charge in [0.05, 0.1) is 12.9 Å². The lowest BCUT2D eigenvalue weighted by Crippen LogP contribution is -2.48. The van der Waals surface area contributed by atoms with Crippen LogP contribution in [0.15, 0.2) is 41.5 Å². The van der Waals surface area contributed by atoms with Gasteiger partial charge in [-0.15, -0.1) is 0 Å². The fourth-order valence-corrected chi connectivity index (χ4v) is 4.97. The number of rotatable bonds is 6. The number of H-pyrrole nitrogens is 1. The average molecular weight is 502 g/mol. The molecule has 0 aliphatic carbocycles. The molecule has 1 saturated heterocycles. The molecule has 1 fully saturated rings. The molecule has 0 bridgehead atoms. The number of aromatic nitrogens is 4. The number of anilines is 1.